The molecule has 2 aliphatic heterocycles. The number of nitrogens with zero attached hydrogens (tertiary/aromatic N) is 2. The van der Waals surface area contributed by atoms with Crippen molar-refractivity contribution in [2.24, 2.45) is 4.99 Å². The number of ether oxygens (including phenoxy) is 3. The van der Waals surface area contributed by atoms with E-state index in [-0.39, 0.29) is 24.0 Å². The molecule has 8 heteroatoms. The van der Waals surface area contributed by atoms with E-state index in [1.54, 1.807) is 6.20 Å². The van der Waals surface area contributed by atoms with Gasteiger partial charge in [0.15, 0.2) is 17.5 Å². The van der Waals surface area contributed by atoms with E-state index < -0.39 is 0 Å². The Morgan fingerprint density at radius 1 is 1.16 bits per heavy atom. The van der Waals surface area contributed by atoms with Crippen molar-refractivity contribution in [2.75, 3.05) is 13.2 Å². The van der Waals surface area contributed by atoms with Crippen LogP contribution in [0.15, 0.2) is 47.6 Å². The maximum absolute atomic E-state index is 6.14. The monoisotopic (exact) mass is 552 g/mol. The Balaban J connectivity index is 0.00000289. The Labute approximate surface area is 207 Å². The van der Waals surface area contributed by atoms with E-state index >= 15 is 0 Å². The first-order valence-electron chi connectivity index (χ1n) is 11.3. The van der Waals surface area contributed by atoms with E-state index in [0.717, 1.165) is 43.1 Å². The summed E-state index contributed by atoms with van der Waals surface area (Å²) in [5.41, 5.74) is 0.911. The second kappa shape index (κ2) is 12.2. The molecule has 0 radical (unpaired) electrons. The van der Waals surface area contributed by atoms with Gasteiger partial charge >= 0.3 is 0 Å². The lowest BCUT2D eigenvalue weighted by Gasteiger charge is -2.22. The quantitative estimate of drug-likeness (QED) is 0.268. The summed E-state index contributed by atoms with van der Waals surface area (Å²) in [6.45, 7) is 6.05. The smallest absolute Gasteiger partial charge is 0.224 e. The summed E-state index contributed by atoms with van der Waals surface area (Å²) in [6.07, 6.45) is 6.72. The lowest BCUT2D eigenvalue weighted by Crippen LogP contribution is -2.47. The van der Waals surface area contributed by atoms with Crippen molar-refractivity contribution in [1.82, 2.24) is 15.6 Å². The van der Waals surface area contributed by atoms with Crippen LogP contribution in [0.3, 0.4) is 0 Å². The van der Waals surface area contributed by atoms with Crippen LogP contribution in [-0.2, 0) is 11.3 Å². The van der Waals surface area contributed by atoms with Gasteiger partial charge < -0.3 is 24.8 Å². The molecule has 0 spiro atoms. The number of fused-ring (bicyclic) bond motifs is 2. The number of benzene rings is 1. The summed E-state index contributed by atoms with van der Waals surface area (Å²) in [7, 11) is 0. The molecule has 7 nitrogen and oxygen atoms in total. The standard InChI is InChI=1S/C24H32N4O3.HI/c1-3-14-29-21-9-5-6-10-22(21)31-23-17(8-7-13-26-23)16-27-24(25-4-2)28-19-15-18-11-12-20(19)30-18;/h5-10,13,18-20H,3-4,11-12,14-16H2,1-2H3,(H2,25,27,28);1H. The van der Waals surface area contributed by atoms with E-state index in [0.29, 0.717) is 43.0 Å². The molecular weight excluding hydrogens is 519 g/mol. The Kier molecular flexibility index (Phi) is 9.40. The average Bonchev–Trinajstić information content (AvgIpc) is 3.41. The minimum Gasteiger partial charge on any atom is -0.490 e. The zero-order valence-corrected chi connectivity index (χ0v) is 21.1. The molecule has 2 aliphatic rings. The van der Waals surface area contributed by atoms with Crippen LogP contribution in [0, 0.1) is 0 Å². The third-order valence-corrected chi connectivity index (χ3v) is 5.55. The molecule has 0 aliphatic carbocycles. The van der Waals surface area contributed by atoms with Crippen molar-refractivity contribution in [2.45, 2.75) is 64.3 Å². The lowest BCUT2D eigenvalue weighted by atomic mass is 9.96. The average molecular weight is 552 g/mol. The number of pyridine rings is 1. The molecule has 174 valence electrons. The molecule has 1 aromatic carbocycles. The fourth-order valence-electron chi connectivity index (χ4n) is 4.06. The molecule has 3 heterocycles. The fraction of sp³-hybridized carbons (Fsp3) is 0.500. The minimum absolute atomic E-state index is 0. The molecular formula is C24H33IN4O3. The molecule has 0 amide bonds. The van der Waals surface area contributed by atoms with Crippen molar-refractivity contribution in [1.29, 1.82) is 0 Å². The molecule has 4 rings (SSSR count). The van der Waals surface area contributed by atoms with Gasteiger partial charge in [-0.3, -0.25) is 0 Å². The van der Waals surface area contributed by atoms with E-state index in [4.69, 9.17) is 19.2 Å². The van der Waals surface area contributed by atoms with E-state index in [9.17, 15) is 0 Å². The molecule has 2 fully saturated rings. The summed E-state index contributed by atoms with van der Waals surface area (Å²) >= 11 is 0. The number of aromatic nitrogens is 1. The number of aliphatic imine (C=N–C) groups is 1. The Bertz CT molecular complexity index is 895. The topological polar surface area (TPSA) is 77.0 Å². The van der Waals surface area contributed by atoms with E-state index in [1.807, 2.05) is 36.4 Å². The highest BCUT2D eigenvalue weighted by Crippen LogP contribution is 2.34. The van der Waals surface area contributed by atoms with Crippen LogP contribution in [0.2, 0.25) is 0 Å². The molecule has 32 heavy (non-hydrogen) atoms. The molecule has 2 N–H and O–H groups in total. The molecule has 3 unspecified atom stereocenters. The molecule has 3 atom stereocenters. The molecule has 0 saturated carbocycles. The molecule has 1 aromatic heterocycles. The van der Waals surface area contributed by atoms with Crippen molar-refractivity contribution in [3.8, 4) is 17.4 Å². The fourth-order valence-corrected chi connectivity index (χ4v) is 4.06. The normalized spacial score (nSPS) is 21.7. The predicted molar refractivity (Wildman–Crippen MR) is 136 cm³/mol. The number of rotatable bonds is 9. The van der Waals surface area contributed by atoms with E-state index in [1.165, 1.54) is 6.42 Å². The maximum atomic E-state index is 6.14. The van der Waals surface area contributed by atoms with Crippen LogP contribution >= 0.6 is 24.0 Å². The number of guanidine groups is 1. The molecule has 2 bridgehead atoms. The molecule has 2 saturated heterocycles. The van der Waals surface area contributed by atoms with Crippen molar-refractivity contribution < 1.29 is 14.2 Å². The third-order valence-electron chi connectivity index (χ3n) is 5.55. The van der Waals surface area contributed by atoms with Gasteiger partial charge in [-0.25, -0.2) is 9.98 Å². The first-order chi connectivity index (χ1) is 15.3. The lowest BCUT2D eigenvalue weighted by molar-refractivity contribution is 0.0992. The second-order valence-corrected chi connectivity index (χ2v) is 7.92. The highest BCUT2D eigenvalue weighted by Gasteiger charge is 2.41. The minimum atomic E-state index is 0. The Hall–Kier alpha value is -2.07. The number of hydrogen-bond donors (Lipinski definition) is 2. The Morgan fingerprint density at radius 3 is 2.72 bits per heavy atom. The number of para-hydroxylation sites is 2. The third kappa shape index (κ3) is 6.25. The van der Waals surface area contributed by atoms with Gasteiger partial charge in [-0.2, -0.15) is 0 Å². The van der Waals surface area contributed by atoms with Gasteiger partial charge in [0.2, 0.25) is 5.88 Å². The van der Waals surface area contributed by atoms with Crippen LogP contribution in [-0.4, -0.2) is 42.3 Å². The van der Waals surface area contributed by atoms with Crippen LogP contribution in [0.4, 0.5) is 0 Å². The summed E-state index contributed by atoms with van der Waals surface area (Å²) in [5, 5.41) is 6.90. The summed E-state index contributed by atoms with van der Waals surface area (Å²) in [6, 6.07) is 11.9. The predicted octanol–water partition coefficient (Wildman–Crippen LogP) is 4.66. The second-order valence-electron chi connectivity index (χ2n) is 7.92. The largest absolute Gasteiger partial charge is 0.490 e. The van der Waals surface area contributed by atoms with Gasteiger partial charge in [0, 0.05) is 18.3 Å². The highest BCUT2D eigenvalue weighted by atomic mass is 127. The Morgan fingerprint density at radius 2 is 2.00 bits per heavy atom. The van der Waals surface area contributed by atoms with Crippen LogP contribution in [0.25, 0.3) is 0 Å². The van der Waals surface area contributed by atoms with Gasteiger partial charge in [-0.1, -0.05) is 25.1 Å². The van der Waals surface area contributed by atoms with Gasteiger partial charge in [0.1, 0.15) is 0 Å². The van der Waals surface area contributed by atoms with Gasteiger partial charge in [0.05, 0.1) is 31.4 Å². The zero-order chi connectivity index (χ0) is 21.5. The molecule has 2 aromatic rings. The van der Waals surface area contributed by atoms with Crippen molar-refractivity contribution >= 4 is 29.9 Å². The van der Waals surface area contributed by atoms with Crippen LogP contribution in [0.5, 0.6) is 17.4 Å². The number of halogens is 1. The zero-order valence-electron chi connectivity index (χ0n) is 18.8. The maximum Gasteiger partial charge on any atom is 0.224 e. The summed E-state index contributed by atoms with van der Waals surface area (Å²) in [5.74, 6) is 2.71. The van der Waals surface area contributed by atoms with Gasteiger partial charge in [-0.05, 0) is 50.8 Å². The van der Waals surface area contributed by atoms with Crippen molar-refractivity contribution in [3.63, 3.8) is 0 Å². The van der Waals surface area contributed by atoms with E-state index in [2.05, 4.69) is 29.5 Å². The SMILES string of the molecule is CCCOc1ccccc1Oc1ncccc1CN=C(NCC)NC1CC2CCC1O2.I. The highest BCUT2D eigenvalue weighted by molar-refractivity contribution is 14.0. The summed E-state index contributed by atoms with van der Waals surface area (Å²) < 4.78 is 17.9. The van der Waals surface area contributed by atoms with Crippen LogP contribution in [0.1, 0.15) is 45.1 Å². The van der Waals surface area contributed by atoms with Gasteiger partial charge in [-0.15, -0.1) is 24.0 Å². The first-order valence-corrected chi connectivity index (χ1v) is 11.3. The van der Waals surface area contributed by atoms with Crippen LogP contribution < -0.4 is 20.1 Å². The first kappa shape index (κ1) is 24.6. The van der Waals surface area contributed by atoms with Gasteiger partial charge in [0.25, 0.3) is 0 Å². The van der Waals surface area contributed by atoms with Crippen molar-refractivity contribution in [3.05, 3.63) is 48.2 Å². The number of nitrogens with one attached hydrogen (secondary N) is 2. The number of hydrogen-bond acceptors (Lipinski definition) is 5. The summed E-state index contributed by atoms with van der Waals surface area (Å²) in [4.78, 5) is 9.24.